The molecule has 0 saturated carbocycles. The zero-order valence-corrected chi connectivity index (χ0v) is 12.4. The predicted molar refractivity (Wildman–Crippen MR) is 82.2 cm³/mol. The van der Waals surface area contributed by atoms with Crippen molar-refractivity contribution in [3.05, 3.63) is 57.5 Å². The first kappa shape index (κ1) is 14.3. The number of fused-ring (bicyclic) bond motifs is 1. The van der Waals surface area contributed by atoms with Crippen molar-refractivity contribution in [3.8, 4) is 11.3 Å². The fourth-order valence-corrected chi connectivity index (χ4v) is 2.25. The van der Waals surface area contributed by atoms with Crippen LogP contribution < -0.4 is 5.56 Å². The van der Waals surface area contributed by atoms with Gasteiger partial charge in [-0.15, -0.1) is 0 Å². The summed E-state index contributed by atoms with van der Waals surface area (Å²) in [4.78, 5) is 27.1. The molecule has 6 nitrogen and oxygen atoms in total. The molecule has 1 N–H and O–H groups in total. The van der Waals surface area contributed by atoms with Gasteiger partial charge in [0, 0.05) is 11.1 Å². The van der Waals surface area contributed by atoms with E-state index in [1.54, 1.807) is 31.2 Å². The Bertz CT molecular complexity index is 897. The number of H-pyrrole nitrogens is 1. The van der Waals surface area contributed by atoms with Crippen molar-refractivity contribution in [2.75, 3.05) is 6.61 Å². The van der Waals surface area contributed by atoms with Crippen LogP contribution in [0.1, 0.15) is 17.3 Å². The number of esters is 1. The Morgan fingerprint density at radius 1 is 1.36 bits per heavy atom. The average molecular weight is 318 g/mol. The molecule has 0 fully saturated rings. The topological polar surface area (TPSA) is 76.5 Å². The number of aromatic amines is 1. The Labute approximate surface area is 130 Å². The molecule has 2 heterocycles. The van der Waals surface area contributed by atoms with E-state index < -0.39 is 5.97 Å². The lowest BCUT2D eigenvalue weighted by Gasteiger charge is -2.04. The summed E-state index contributed by atoms with van der Waals surface area (Å²) in [6.45, 7) is 1.96. The van der Waals surface area contributed by atoms with Crippen LogP contribution in [0.2, 0.25) is 5.02 Å². The smallest absolute Gasteiger partial charge is 0.343 e. The number of hydrogen-bond donors (Lipinski definition) is 1. The molecular weight excluding hydrogens is 306 g/mol. The number of hydrogen-bond acceptors (Lipinski definition) is 4. The van der Waals surface area contributed by atoms with Gasteiger partial charge in [-0.25, -0.2) is 4.79 Å². The lowest BCUT2D eigenvalue weighted by atomic mass is 10.1. The monoisotopic (exact) mass is 317 g/mol. The van der Waals surface area contributed by atoms with Gasteiger partial charge in [0.05, 0.1) is 18.5 Å². The molecule has 2 aromatic heterocycles. The van der Waals surface area contributed by atoms with Crippen molar-refractivity contribution >= 4 is 23.2 Å². The minimum atomic E-state index is -0.526. The maximum Gasteiger partial charge on any atom is 0.343 e. The van der Waals surface area contributed by atoms with Gasteiger partial charge in [-0.05, 0) is 24.6 Å². The molecule has 0 unspecified atom stereocenters. The van der Waals surface area contributed by atoms with Crippen LogP contribution >= 0.6 is 11.6 Å². The normalized spacial score (nSPS) is 10.8. The fourth-order valence-electron chi connectivity index (χ4n) is 2.13. The van der Waals surface area contributed by atoms with Gasteiger partial charge in [0.2, 0.25) is 0 Å². The fraction of sp³-hybridized carbons (Fsp3) is 0.133. The SMILES string of the molecule is CCOC(=O)c1cnn2c(=O)cc(-c3ccc(Cl)cc3)[nH]c12. The number of carbonyl (C=O) groups is 1. The van der Waals surface area contributed by atoms with Crippen molar-refractivity contribution < 1.29 is 9.53 Å². The van der Waals surface area contributed by atoms with Crippen molar-refractivity contribution in [1.82, 2.24) is 14.6 Å². The summed E-state index contributed by atoms with van der Waals surface area (Å²) in [6.07, 6.45) is 1.32. The first-order valence-corrected chi connectivity index (χ1v) is 7.02. The number of aromatic nitrogens is 3. The summed E-state index contributed by atoms with van der Waals surface area (Å²) in [5.74, 6) is -0.526. The molecule has 0 saturated heterocycles. The molecule has 0 bridgehead atoms. The molecule has 0 atom stereocenters. The number of carbonyl (C=O) groups excluding carboxylic acids is 1. The molecule has 1 aromatic carbocycles. The first-order valence-electron chi connectivity index (χ1n) is 6.64. The molecule has 22 heavy (non-hydrogen) atoms. The van der Waals surface area contributed by atoms with Crippen molar-refractivity contribution in [2.45, 2.75) is 6.92 Å². The van der Waals surface area contributed by atoms with Gasteiger partial charge in [0.25, 0.3) is 5.56 Å². The molecular formula is C15H12ClN3O3. The molecule has 0 aliphatic carbocycles. The van der Waals surface area contributed by atoms with Crippen LogP contribution in [0.4, 0.5) is 0 Å². The minimum Gasteiger partial charge on any atom is -0.462 e. The lowest BCUT2D eigenvalue weighted by Crippen LogP contribution is -2.15. The van der Waals surface area contributed by atoms with E-state index in [2.05, 4.69) is 10.1 Å². The Balaban J connectivity index is 2.17. The van der Waals surface area contributed by atoms with E-state index in [9.17, 15) is 9.59 Å². The summed E-state index contributed by atoms with van der Waals surface area (Å²) in [6, 6.07) is 8.43. The number of benzene rings is 1. The van der Waals surface area contributed by atoms with Crippen molar-refractivity contribution in [1.29, 1.82) is 0 Å². The summed E-state index contributed by atoms with van der Waals surface area (Å²) < 4.78 is 6.09. The third-order valence-electron chi connectivity index (χ3n) is 3.15. The second-order valence-electron chi connectivity index (χ2n) is 4.57. The Kier molecular flexibility index (Phi) is 3.68. The van der Waals surface area contributed by atoms with E-state index in [4.69, 9.17) is 16.3 Å². The molecule has 3 rings (SSSR count). The van der Waals surface area contributed by atoms with Crippen LogP contribution in [0, 0.1) is 0 Å². The average Bonchev–Trinajstić information content (AvgIpc) is 2.92. The molecule has 0 aliphatic heterocycles. The van der Waals surface area contributed by atoms with Gasteiger partial charge >= 0.3 is 5.97 Å². The van der Waals surface area contributed by atoms with Gasteiger partial charge < -0.3 is 9.72 Å². The molecule has 112 valence electrons. The van der Waals surface area contributed by atoms with E-state index in [-0.39, 0.29) is 17.7 Å². The van der Waals surface area contributed by atoms with E-state index in [0.717, 1.165) is 10.1 Å². The zero-order valence-electron chi connectivity index (χ0n) is 11.7. The Morgan fingerprint density at radius 2 is 2.09 bits per heavy atom. The highest BCUT2D eigenvalue weighted by Gasteiger charge is 2.16. The molecule has 0 radical (unpaired) electrons. The number of nitrogens with one attached hydrogen (secondary N) is 1. The second kappa shape index (κ2) is 5.65. The number of halogens is 1. The van der Waals surface area contributed by atoms with Crippen LogP contribution in [-0.4, -0.2) is 27.2 Å². The van der Waals surface area contributed by atoms with Gasteiger partial charge in [-0.2, -0.15) is 9.61 Å². The first-order chi connectivity index (χ1) is 10.6. The van der Waals surface area contributed by atoms with Crippen LogP contribution in [0.3, 0.4) is 0 Å². The van der Waals surface area contributed by atoms with Crippen LogP contribution in [0.25, 0.3) is 16.9 Å². The summed E-state index contributed by atoms with van der Waals surface area (Å²) in [7, 11) is 0. The number of ether oxygens (including phenoxy) is 1. The van der Waals surface area contributed by atoms with Crippen LogP contribution in [-0.2, 0) is 4.74 Å². The number of nitrogens with zero attached hydrogens (tertiary/aromatic N) is 2. The predicted octanol–water partition coefficient (Wildman–Crippen LogP) is 2.52. The quantitative estimate of drug-likeness (QED) is 0.753. The summed E-state index contributed by atoms with van der Waals surface area (Å²) in [5.41, 5.74) is 1.53. The lowest BCUT2D eigenvalue weighted by molar-refractivity contribution is 0.0528. The molecule has 3 aromatic rings. The third-order valence-corrected chi connectivity index (χ3v) is 3.40. The number of rotatable bonds is 3. The maximum absolute atomic E-state index is 12.1. The Morgan fingerprint density at radius 3 is 2.77 bits per heavy atom. The van der Waals surface area contributed by atoms with Gasteiger partial charge in [0.1, 0.15) is 5.56 Å². The van der Waals surface area contributed by atoms with Crippen LogP contribution in [0.5, 0.6) is 0 Å². The van der Waals surface area contributed by atoms with E-state index in [0.29, 0.717) is 16.4 Å². The zero-order chi connectivity index (χ0) is 15.7. The molecule has 0 amide bonds. The van der Waals surface area contributed by atoms with E-state index in [1.807, 2.05) is 0 Å². The standard InChI is InChI=1S/C15H12ClN3O3/c1-2-22-15(21)11-8-17-19-13(20)7-12(18-14(11)19)9-3-5-10(16)6-4-9/h3-8,18H,2H2,1H3. The molecule has 7 heteroatoms. The summed E-state index contributed by atoms with van der Waals surface area (Å²) >= 11 is 5.86. The van der Waals surface area contributed by atoms with Gasteiger partial charge in [-0.1, -0.05) is 23.7 Å². The largest absolute Gasteiger partial charge is 0.462 e. The van der Waals surface area contributed by atoms with Gasteiger partial charge in [-0.3, -0.25) is 4.79 Å². The third kappa shape index (κ3) is 2.48. The van der Waals surface area contributed by atoms with E-state index >= 15 is 0 Å². The van der Waals surface area contributed by atoms with E-state index in [1.165, 1.54) is 12.3 Å². The van der Waals surface area contributed by atoms with Crippen LogP contribution in [0.15, 0.2) is 41.3 Å². The highest BCUT2D eigenvalue weighted by Crippen LogP contribution is 2.20. The van der Waals surface area contributed by atoms with Crippen molar-refractivity contribution in [2.24, 2.45) is 0 Å². The highest BCUT2D eigenvalue weighted by atomic mass is 35.5. The highest BCUT2D eigenvalue weighted by molar-refractivity contribution is 6.30. The maximum atomic E-state index is 12.1. The minimum absolute atomic E-state index is 0.217. The molecule has 0 spiro atoms. The van der Waals surface area contributed by atoms with Gasteiger partial charge in [0.15, 0.2) is 5.65 Å². The second-order valence-corrected chi connectivity index (χ2v) is 5.00. The summed E-state index contributed by atoms with van der Waals surface area (Å²) in [5, 5.41) is 4.52. The molecule has 0 aliphatic rings. The Hall–Kier alpha value is -2.60. The van der Waals surface area contributed by atoms with Crippen molar-refractivity contribution in [3.63, 3.8) is 0 Å².